The molecule has 0 bridgehead atoms. The number of halogens is 2. The number of nitrogens with one attached hydrogen (secondary N) is 2. The molecule has 2 heterocycles. The number of nitrogens with zero attached hydrogens (tertiary/aromatic N) is 1. The largest absolute Gasteiger partial charge is 0.465 e. The predicted molar refractivity (Wildman–Crippen MR) is 106 cm³/mol. The molecule has 0 fully saturated rings. The third-order valence-electron chi connectivity index (χ3n) is 5.15. The fourth-order valence-corrected chi connectivity index (χ4v) is 5.70. The van der Waals surface area contributed by atoms with Gasteiger partial charge in [0.2, 0.25) is 0 Å². The van der Waals surface area contributed by atoms with E-state index >= 15 is 0 Å². The summed E-state index contributed by atoms with van der Waals surface area (Å²) in [6.07, 6.45) is 1.36. The van der Waals surface area contributed by atoms with Crippen LogP contribution in [0.1, 0.15) is 17.2 Å². The van der Waals surface area contributed by atoms with E-state index in [1.54, 1.807) is 0 Å². The van der Waals surface area contributed by atoms with Crippen LogP contribution in [-0.2, 0) is 11.2 Å². The van der Waals surface area contributed by atoms with Crippen LogP contribution in [0.5, 0.6) is 0 Å². The average molecular weight is 426 g/mol. The molecule has 3 N–H and O–H groups in total. The average Bonchev–Trinajstić information content (AvgIpc) is 3.27. The summed E-state index contributed by atoms with van der Waals surface area (Å²) < 4.78 is 0.546. The minimum absolute atomic E-state index is 0.0102. The van der Waals surface area contributed by atoms with Crippen molar-refractivity contribution in [3.63, 3.8) is 0 Å². The quantitative estimate of drug-likeness (QED) is 0.693. The van der Waals surface area contributed by atoms with Crippen LogP contribution in [0, 0.1) is 0 Å². The van der Waals surface area contributed by atoms with Crippen LogP contribution in [0.4, 0.5) is 4.79 Å². The summed E-state index contributed by atoms with van der Waals surface area (Å²) in [7, 11) is 1.52. The number of rotatable bonds is 3. The highest BCUT2D eigenvalue weighted by Gasteiger charge is 2.42. The molecule has 0 saturated heterocycles. The molecule has 1 aromatic carbocycles. The van der Waals surface area contributed by atoms with Crippen molar-refractivity contribution in [1.82, 2.24) is 15.5 Å². The highest BCUT2D eigenvalue weighted by molar-refractivity contribution is 8.05. The molecule has 1 aromatic rings. The standard InChI is InChI=1S/C18H17Cl2N3O3S/c1-23(18(25)26)15-9-5-3-2-4-8(9)6-10(15)22-17(24)11-7-12-14(21-11)13(19)16(20)27-12/h2-5,7,10,12,14-15,21H,6H2,1H3,(H,22,24)(H,25,26)/t10-,12?,14?,15-/m1/s1. The molecule has 1 aliphatic carbocycles. The van der Waals surface area contributed by atoms with E-state index in [0.29, 0.717) is 21.5 Å². The normalized spacial score (nSPS) is 28.3. The molecule has 0 spiro atoms. The van der Waals surface area contributed by atoms with Gasteiger partial charge in [0.1, 0.15) is 0 Å². The monoisotopic (exact) mass is 425 g/mol. The van der Waals surface area contributed by atoms with Crippen molar-refractivity contribution >= 4 is 47.0 Å². The maximum absolute atomic E-state index is 12.8. The molecule has 2 amide bonds. The van der Waals surface area contributed by atoms with E-state index in [1.807, 2.05) is 30.3 Å². The number of hydrogen-bond donors (Lipinski definition) is 3. The van der Waals surface area contributed by atoms with E-state index in [-0.39, 0.29) is 23.2 Å². The molecule has 2 aliphatic heterocycles. The third kappa shape index (κ3) is 3.17. The topological polar surface area (TPSA) is 81.7 Å². The van der Waals surface area contributed by atoms with Gasteiger partial charge in [-0.1, -0.05) is 47.5 Å². The second-order valence-electron chi connectivity index (χ2n) is 6.73. The lowest BCUT2D eigenvalue weighted by Gasteiger charge is -2.29. The second kappa shape index (κ2) is 6.96. The van der Waals surface area contributed by atoms with E-state index in [4.69, 9.17) is 23.2 Å². The van der Waals surface area contributed by atoms with Gasteiger partial charge in [0.25, 0.3) is 5.91 Å². The first-order chi connectivity index (χ1) is 12.9. The first kappa shape index (κ1) is 18.5. The summed E-state index contributed by atoms with van der Waals surface area (Å²) in [6.45, 7) is 0. The summed E-state index contributed by atoms with van der Waals surface area (Å²) in [5, 5.41) is 16.1. The number of likely N-dealkylation sites (N-methyl/N-ethyl adjacent to an activating group) is 1. The van der Waals surface area contributed by atoms with Crippen LogP contribution in [0.3, 0.4) is 0 Å². The zero-order chi connectivity index (χ0) is 19.3. The van der Waals surface area contributed by atoms with Gasteiger partial charge in [0.15, 0.2) is 0 Å². The maximum Gasteiger partial charge on any atom is 0.407 e. The van der Waals surface area contributed by atoms with Gasteiger partial charge in [0.05, 0.1) is 38.5 Å². The number of carbonyl (C=O) groups excluding carboxylic acids is 1. The van der Waals surface area contributed by atoms with Crippen molar-refractivity contribution in [2.45, 2.75) is 29.8 Å². The highest BCUT2D eigenvalue weighted by Crippen LogP contribution is 2.45. The van der Waals surface area contributed by atoms with Gasteiger partial charge in [0, 0.05) is 7.05 Å². The van der Waals surface area contributed by atoms with Crippen molar-refractivity contribution in [3.05, 3.63) is 56.6 Å². The van der Waals surface area contributed by atoms with Crippen LogP contribution in [0.15, 0.2) is 45.4 Å². The van der Waals surface area contributed by atoms with E-state index in [2.05, 4.69) is 10.6 Å². The Morgan fingerprint density at radius 1 is 1.33 bits per heavy atom. The van der Waals surface area contributed by atoms with Crippen LogP contribution in [0.2, 0.25) is 0 Å². The van der Waals surface area contributed by atoms with Crippen molar-refractivity contribution in [2.75, 3.05) is 7.05 Å². The van der Waals surface area contributed by atoms with Crippen LogP contribution < -0.4 is 10.6 Å². The molecule has 27 heavy (non-hydrogen) atoms. The summed E-state index contributed by atoms with van der Waals surface area (Å²) in [5.41, 5.74) is 2.40. The van der Waals surface area contributed by atoms with Gasteiger partial charge in [-0.25, -0.2) is 4.79 Å². The van der Waals surface area contributed by atoms with E-state index in [9.17, 15) is 14.7 Å². The number of carbonyl (C=O) groups is 2. The maximum atomic E-state index is 12.8. The molecule has 0 saturated carbocycles. The molecular formula is C18H17Cl2N3O3S. The lowest BCUT2D eigenvalue weighted by molar-refractivity contribution is -0.118. The number of carboxylic acid groups (broad SMARTS) is 1. The molecule has 3 aliphatic rings. The van der Waals surface area contributed by atoms with Crippen molar-refractivity contribution in [2.24, 2.45) is 0 Å². The number of thioether (sulfide) groups is 1. The molecule has 9 heteroatoms. The van der Waals surface area contributed by atoms with Crippen LogP contribution in [-0.4, -0.2) is 46.4 Å². The van der Waals surface area contributed by atoms with Gasteiger partial charge >= 0.3 is 6.09 Å². The molecule has 6 nitrogen and oxygen atoms in total. The number of benzene rings is 1. The molecular weight excluding hydrogens is 409 g/mol. The molecule has 4 atom stereocenters. The van der Waals surface area contributed by atoms with Gasteiger partial charge in [-0.05, 0) is 23.6 Å². The van der Waals surface area contributed by atoms with Crippen molar-refractivity contribution in [1.29, 1.82) is 0 Å². The Morgan fingerprint density at radius 2 is 2.07 bits per heavy atom. The number of hydrogen-bond acceptors (Lipinski definition) is 4. The lowest BCUT2D eigenvalue weighted by atomic mass is 10.1. The van der Waals surface area contributed by atoms with Gasteiger partial charge in [-0.15, -0.1) is 11.8 Å². The minimum atomic E-state index is -1.04. The fourth-order valence-electron chi connectivity index (χ4n) is 3.85. The first-order valence-corrected chi connectivity index (χ1v) is 10.0. The van der Waals surface area contributed by atoms with Crippen LogP contribution in [0.25, 0.3) is 0 Å². The zero-order valence-corrected chi connectivity index (χ0v) is 16.6. The van der Waals surface area contributed by atoms with E-state index < -0.39 is 12.1 Å². The number of fused-ring (bicyclic) bond motifs is 2. The van der Waals surface area contributed by atoms with Gasteiger partial charge < -0.3 is 20.6 Å². The summed E-state index contributed by atoms with van der Waals surface area (Å²) in [5.74, 6) is -0.271. The Morgan fingerprint density at radius 3 is 2.78 bits per heavy atom. The van der Waals surface area contributed by atoms with E-state index in [0.717, 1.165) is 11.1 Å². The van der Waals surface area contributed by atoms with Crippen molar-refractivity contribution < 1.29 is 14.7 Å². The summed E-state index contributed by atoms with van der Waals surface area (Å²) in [6, 6.07) is 6.69. The summed E-state index contributed by atoms with van der Waals surface area (Å²) in [4.78, 5) is 25.6. The zero-order valence-electron chi connectivity index (χ0n) is 14.3. The second-order valence-corrected chi connectivity index (χ2v) is 8.93. The van der Waals surface area contributed by atoms with E-state index in [1.165, 1.54) is 23.7 Å². The predicted octanol–water partition coefficient (Wildman–Crippen LogP) is 3.00. The SMILES string of the molecule is CN(C(=O)O)[C@@H]1c2ccccc2C[C@H]1NC(=O)C1=CC2SC(Cl)=C(Cl)C2N1. The Balaban J connectivity index is 1.52. The Kier molecular flexibility index (Phi) is 4.78. The molecule has 4 rings (SSSR count). The van der Waals surface area contributed by atoms with Gasteiger partial charge in [-0.3, -0.25) is 4.79 Å². The van der Waals surface area contributed by atoms with Crippen LogP contribution >= 0.6 is 35.0 Å². The Hall–Kier alpha value is -1.83. The first-order valence-electron chi connectivity index (χ1n) is 8.41. The van der Waals surface area contributed by atoms with Gasteiger partial charge in [-0.2, -0.15) is 0 Å². The minimum Gasteiger partial charge on any atom is -0.465 e. The molecule has 142 valence electrons. The molecule has 0 aromatic heterocycles. The number of amides is 2. The lowest BCUT2D eigenvalue weighted by Crippen LogP contribution is -2.46. The molecule has 0 radical (unpaired) electrons. The highest BCUT2D eigenvalue weighted by atomic mass is 35.5. The van der Waals surface area contributed by atoms with Crippen molar-refractivity contribution in [3.8, 4) is 0 Å². The molecule has 2 unspecified atom stereocenters. The fraction of sp³-hybridized carbons (Fsp3) is 0.333. The third-order valence-corrected chi connectivity index (χ3v) is 7.36. The Bertz CT molecular complexity index is 888. The smallest absolute Gasteiger partial charge is 0.407 e. The summed E-state index contributed by atoms with van der Waals surface area (Å²) >= 11 is 13.7. The Labute approximate surface area is 170 Å².